The summed E-state index contributed by atoms with van der Waals surface area (Å²) < 4.78 is 0. The summed E-state index contributed by atoms with van der Waals surface area (Å²) >= 11 is 0. The number of rotatable bonds is 6. The Morgan fingerprint density at radius 3 is 2.71 bits per heavy atom. The van der Waals surface area contributed by atoms with Crippen LogP contribution < -0.4 is 10.6 Å². The van der Waals surface area contributed by atoms with Gasteiger partial charge in [0.05, 0.1) is 17.5 Å². The molecule has 24 heavy (non-hydrogen) atoms. The van der Waals surface area contributed by atoms with Crippen molar-refractivity contribution in [3.63, 3.8) is 0 Å². The van der Waals surface area contributed by atoms with Gasteiger partial charge in [0.15, 0.2) is 0 Å². The van der Waals surface area contributed by atoms with Crippen LogP contribution in [0, 0.1) is 0 Å². The molecule has 1 aliphatic carbocycles. The van der Waals surface area contributed by atoms with E-state index >= 15 is 0 Å². The maximum atomic E-state index is 12.0. The second-order valence-corrected chi connectivity index (χ2v) is 6.63. The van der Waals surface area contributed by atoms with Crippen LogP contribution in [0.15, 0.2) is 36.4 Å². The zero-order valence-corrected chi connectivity index (χ0v) is 13.9. The molecule has 5 heteroatoms. The fourth-order valence-corrected chi connectivity index (χ4v) is 3.31. The second kappa shape index (κ2) is 7.62. The molecule has 3 N–H and O–H groups in total. The minimum absolute atomic E-state index is 0.0762. The number of aliphatic hydroxyl groups is 1. The summed E-state index contributed by atoms with van der Waals surface area (Å²) in [7, 11) is 0. The molecule has 0 spiro atoms. The average molecular weight is 327 g/mol. The quantitative estimate of drug-likeness (QED) is 0.713. The third-order valence-corrected chi connectivity index (χ3v) is 4.63. The number of nitrogens with zero attached hydrogens (tertiary/aromatic N) is 1. The average Bonchev–Trinajstić information content (AvgIpc) is 2.59. The molecule has 1 aliphatic rings. The lowest BCUT2D eigenvalue weighted by Gasteiger charge is -2.31. The first-order chi connectivity index (χ1) is 11.6. The Morgan fingerprint density at radius 1 is 1.08 bits per heavy atom. The highest BCUT2D eigenvalue weighted by molar-refractivity contribution is 5.80. The second-order valence-electron chi connectivity index (χ2n) is 6.63. The summed E-state index contributed by atoms with van der Waals surface area (Å²) in [5, 5.41) is 17.6. The molecule has 0 radical (unpaired) electrons. The van der Waals surface area contributed by atoms with Crippen LogP contribution in [0.1, 0.15) is 38.5 Å². The minimum Gasteiger partial charge on any atom is -0.389 e. The fraction of sp³-hybridized carbons (Fsp3) is 0.474. The highest BCUT2D eigenvalue weighted by Gasteiger charge is 2.31. The molecule has 3 rings (SSSR count). The van der Waals surface area contributed by atoms with E-state index in [1.165, 1.54) is 0 Å². The van der Waals surface area contributed by atoms with Gasteiger partial charge in [0.1, 0.15) is 5.82 Å². The first kappa shape index (κ1) is 16.7. The van der Waals surface area contributed by atoms with Crippen LogP contribution in [0.4, 0.5) is 5.82 Å². The number of pyridine rings is 1. The van der Waals surface area contributed by atoms with Crippen molar-refractivity contribution in [1.29, 1.82) is 0 Å². The molecule has 1 heterocycles. The van der Waals surface area contributed by atoms with Crippen molar-refractivity contribution < 1.29 is 9.90 Å². The molecule has 1 saturated carbocycles. The Bertz CT molecular complexity index is 696. The highest BCUT2D eigenvalue weighted by atomic mass is 16.3. The molecule has 128 valence electrons. The van der Waals surface area contributed by atoms with E-state index in [0.717, 1.165) is 48.8 Å². The first-order valence-corrected chi connectivity index (χ1v) is 8.73. The molecule has 0 aliphatic heterocycles. The standard InChI is InChI=1S/C19H25N3O2/c23-18(14-19(24)10-4-1-5-11-19)21-13-12-20-17-9-8-15-6-2-3-7-16(15)22-17/h2-3,6-9,24H,1,4-5,10-14H2,(H,20,22)(H,21,23). The molecule has 0 bridgehead atoms. The predicted octanol–water partition coefficient (Wildman–Crippen LogP) is 2.85. The van der Waals surface area contributed by atoms with Crippen LogP contribution in [-0.2, 0) is 4.79 Å². The van der Waals surface area contributed by atoms with Crippen molar-refractivity contribution in [2.75, 3.05) is 18.4 Å². The molecule has 1 fully saturated rings. The van der Waals surface area contributed by atoms with Crippen molar-refractivity contribution in [3.8, 4) is 0 Å². The number of benzene rings is 1. The molecular formula is C19H25N3O2. The van der Waals surface area contributed by atoms with E-state index < -0.39 is 5.60 Å². The molecule has 0 atom stereocenters. The first-order valence-electron chi connectivity index (χ1n) is 8.73. The van der Waals surface area contributed by atoms with E-state index in [0.29, 0.717) is 13.1 Å². The molecule has 0 unspecified atom stereocenters. The number of amides is 1. The molecular weight excluding hydrogens is 302 g/mol. The van der Waals surface area contributed by atoms with Crippen molar-refractivity contribution in [3.05, 3.63) is 36.4 Å². The van der Waals surface area contributed by atoms with E-state index in [4.69, 9.17) is 0 Å². The Morgan fingerprint density at radius 2 is 1.88 bits per heavy atom. The molecule has 5 nitrogen and oxygen atoms in total. The number of aromatic nitrogens is 1. The summed E-state index contributed by atoms with van der Waals surface area (Å²) in [6.45, 7) is 1.12. The van der Waals surface area contributed by atoms with Gasteiger partial charge in [-0.05, 0) is 31.0 Å². The van der Waals surface area contributed by atoms with Crippen LogP contribution in [0.3, 0.4) is 0 Å². The van der Waals surface area contributed by atoms with Crippen molar-refractivity contribution >= 4 is 22.6 Å². The van der Waals surface area contributed by atoms with Gasteiger partial charge in [-0.1, -0.05) is 37.5 Å². The zero-order valence-electron chi connectivity index (χ0n) is 13.9. The lowest BCUT2D eigenvalue weighted by molar-refractivity contribution is -0.127. The maximum absolute atomic E-state index is 12.0. The number of fused-ring (bicyclic) bond motifs is 1. The van der Waals surface area contributed by atoms with E-state index in [1.54, 1.807) is 0 Å². The minimum atomic E-state index is -0.796. The Kier molecular flexibility index (Phi) is 5.30. The SMILES string of the molecule is O=C(CC1(O)CCCCC1)NCCNc1ccc2ccccc2n1. The lowest BCUT2D eigenvalue weighted by atomic mass is 9.82. The lowest BCUT2D eigenvalue weighted by Crippen LogP contribution is -2.39. The van der Waals surface area contributed by atoms with Crippen LogP contribution in [0.2, 0.25) is 0 Å². The number of carbonyl (C=O) groups is 1. The zero-order chi connectivity index (χ0) is 16.8. The van der Waals surface area contributed by atoms with Crippen LogP contribution in [-0.4, -0.2) is 34.7 Å². The molecule has 1 amide bonds. The predicted molar refractivity (Wildman–Crippen MR) is 95.9 cm³/mol. The number of hydrogen-bond donors (Lipinski definition) is 3. The monoisotopic (exact) mass is 327 g/mol. The molecule has 1 aromatic heterocycles. The number of anilines is 1. The number of nitrogens with one attached hydrogen (secondary N) is 2. The van der Waals surface area contributed by atoms with Gasteiger partial charge in [-0.25, -0.2) is 4.98 Å². The van der Waals surface area contributed by atoms with Gasteiger partial charge in [0.2, 0.25) is 5.91 Å². The molecule has 0 saturated heterocycles. The Labute approximate surface area is 142 Å². The summed E-state index contributed by atoms with van der Waals surface area (Å²) in [5.41, 5.74) is 0.154. The van der Waals surface area contributed by atoms with Gasteiger partial charge in [-0.3, -0.25) is 4.79 Å². The van der Waals surface area contributed by atoms with Gasteiger partial charge in [0.25, 0.3) is 0 Å². The van der Waals surface area contributed by atoms with Crippen LogP contribution in [0.25, 0.3) is 10.9 Å². The van der Waals surface area contributed by atoms with Gasteiger partial charge >= 0.3 is 0 Å². The third kappa shape index (κ3) is 4.45. The van der Waals surface area contributed by atoms with Gasteiger partial charge in [-0.15, -0.1) is 0 Å². The van der Waals surface area contributed by atoms with Gasteiger partial charge < -0.3 is 15.7 Å². The van der Waals surface area contributed by atoms with E-state index in [-0.39, 0.29) is 12.3 Å². The largest absolute Gasteiger partial charge is 0.389 e. The topological polar surface area (TPSA) is 74.2 Å². The van der Waals surface area contributed by atoms with Crippen LogP contribution >= 0.6 is 0 Å². The Balaban J connectivity index is 1.41. The number of para-hydroxylation sites is 1. The molecule has 1 aromatic carbocycles. The van der Waals surface area contributed by atoms with Crippen molar-refractivity contribution in [2.24, 2.45) is 0 Å². The summed E-state index contributed by atoms with van der Waals surface area (Å²) in [5.74, 6) is 0.724. The van der Waals surface area contributed by atoms with Crippen LogP contribution in [0.5, 0.6) is 0 Å². The van der Waals surface area contributed by atoms with Gasteiger partial charge in [-0.2, -0.15) is 0 Å². The summed E-state index contributed by atoms with van der Waals surface area (Å²) in [6, 6.07) is 11.9. The van der Waals surface area contributed by atoms with E-state index in [1.807, 2.05) is 36.4 Å². The normalized spacial score (nSPS) is 16.7. The number of hydrogen-bond acceptors (Lipinski definition) is 4. The van der Waals surface area contributed by atoms with Gasteiger partial charge in [0, 0.05) is 18.5 Å². The van der Waals surface area contributed by atoms with Crippen molar-refractivity contribution in [1.82, 2.24) is 10.3 Å². The van der Waals surface area contributed by atoms with Crippen molar-refractivity contribution in [2.45, 2.75) is 44.1 Å². The molecule has 2 aromatic rings. The third-order valence-electron chi connectivity index (χ3n) is 4.63. The Hall–Kier alpha value is -2.14. The number of carbonyl (C=O) groups excluding carboxylic acids is 1. The maximum Gasteiger partial charge on any atom is 0.222 e. The van der Waals surface area contributed by atoms with E-state index in [2.05, 4.69) is 15.6 Å². The summed E-state index contributed by atoms with van der Waals surface area (Å²) in [4.78, 5) is 16.5. The summed E-state index contributed by atoms with van der Waals surface area (Å²) in [6.07, 6.45) is 4.87. The fourth-order valence-electron chi connectivity index (χ4n) is 3.31. The van der Waals surface area contributed by atoms with E-state index in [9.17, 15) is 9.90 Å². The highest BCUT2D eigenvalue weighted by Crippen LogP contribution is 2.30. The smallest absolute Gasteiger partial charge is 0.222 e.